The van der Waals surface area contributed by atoms with E-state index in [0.29, 0.717) is 63.3 Å². The SMILES string of the molecule is CC(=O)O[C@H]1C[C@@H](O)CC[C@]2([C@H](C)O)C#C[C@H]3C[C@H]4C#C[C@H](CNC[C@]5(C4)C[C@@H](CCN5)Oc4cc(c(C(O)O)cc4O)C[C@@H]13)SSCC1(CCCCC1)NC(N)=NC2. The average Bonchev–Trinajstić information content (AvgIpc) is 3.25. The zero-order valence-electron chi connectivity index (χ0n) is 34.4. The van der Waals surface area contributed by atoms with E-state index >= 15 is 0 Å². The number of fused-ring (bicyclic) bond motifs is 5. The molecule has 13 nitrogen and oxygen atoms in total. The molecule has 0 unspecified atom stereocenters. The van der Waals surface area contributed by atoms with E-state index in [1.807, 2.05) is 10.8 Å². The van der Waals surface area contributed by atoms with Crippen LogP contribution in [0.25, 0.3) is 0 Å². The molecule has 0 radical (unpaired) electrons. The number of phenolic OH excluding ortho intramolecular Hbond substituents is 1. The molecule has 1 saturated heterocycles. The van der Waals surface area contributed by atoms with Gasteiger partial charge in [-0.1, -0.05) is 64.5 Å². The molecule has 59 heavy (non-hydrogen) atoms. The van der Waals surface area contributed by atoms with E-state index in [2.05, 4.69) is 39.6 Å². The Morgan fingerprint density at radius 1 is 1.07 bits per heavy atom. The van der Waals surface area contributed by atoms with Crippen molar-refractivity contribution in [2.24, 2.45) is 33.9 Å². The van der Waals surface area contributed by atoms with Crippen LogP contribution < -0.4 is 26.4 Å². The van der Waals surface area contributed by atoms with Crippen molar-refractivity contribution in [1.82, 2.24) is 16.0 Å². The van der Waals surface area contributed by atoms with Gasteiger partial charge >= 0.3 is 5.97 Å². The van der Waals surface area contributed by atoms with Crippen LogP contribution in [0.15, 0.2) is 17.1 Å². The minimum atomic E-state index is -1.92. The molecule has 4 aliphatic heterocycles. The van der Waals surface area contributed by atoms with Gasteiger partial charge in [-0.25, -0.2) is 0 Å². The highest BCUT2D eigenvalue weighted by Crippen LogP contribution is 2.43. The number of piperidine rings is 1. The second-order valence-corrected chi connectivity index (χ2v) is 20.6. The highest BCUT2D eigenvalue weighted by atomic mass is 33.1. The van der Waals surface area contributed by atoms with Crippen LogP contribution in [-0.4, -0.2) is 110 Å². The summed E-state index contributed by atoms with van der Waals surface area (Å²) in [6, 6.07) is 3.00. The molecular weight excluding hydrogens is 791 g/mol. The van der Waals surface area contributed by atoms with Crippen LogP contribution in [0.5, 0.6) is 11.5 Å². The predicted octanol–water partition coefficient (Wildman–Crippen LogP) is 3.25. The molecule has 1 saturated carbocycles. The Kier molecular flexibility index (Phi) is 14.3. The van der Waals surface area contributed by atoms with Gasteiger partial charge in [0.15, 0.2) is 23.7 Å². The number of carbonyl (C=O) groups is 1. The van der Waals surface area contributed by atoms with Gasteiger partial charge in [0.1, 0.15) is 12.2 Å². The van der Waals surface area contributed by atoms with Crippen LogP contribution in [-0.2, 0) is 16.0 Å². The molecule has 1 aromatic rings. The van der Waals surface area contributed by atoms with Crippen molar-refractivity contribution in [3.63, 3.8) is 0 Å². The molecular formula is C44H63N5O8S2. The number of aliphatic hydroxyl groups is 4. The Bertz CT molecular complexity index is 1820. The second kappa shape index (κ2) is 19.0. The highest BCUT2D eigenvalue weighted by molar-refractivity contribution is 8.77. The first-order chi connectivity index (χ1) is 28.2. The zero-order chi connectivity index (χ0) is 41.8. The summed E-state index contributed by atoms with van der Waals surface area (Å²) in [6.45, 7) is 5.20. The lowest BCUT2D eigenvalue weighted by atomic mass is 9.70. The number of guanidine groups is 1. The third kappa shape index (κ3) is 10.8. The summed E-state index contributed by atoms with van der Waals surface area (Å²) in [5.74, 6) is 14.0. The van der Waals surface area contributed by atoms with Crippen molar-refractivity contribution < 1.29 is 39.8 Å². The Balaban J connectivity index is 1.44. The van der Waals surface area contributed by atoms with Gasteiger partial charge in [0.2, 0.25) is 0 Å². The lowest BCUT2D eigenvalue weighted by Gasteiger charge is -2.44. The first-order valence-corrected chi connectivity index (χ1v) is 23.9. The first-order valence-electron chi connectivity index (χ1n) is 21.5. The maximum atomic E-state index is 12.9. The van der Waals surface area contributed by atoms with Gasteiger partial charge in [-0.15, -0.1) is 0 Å². The summed E-state index contributed by atoms with van der Waals surface area (Å²) in [6.07, 6.45) is 3.78. The fourth-order valence-electron chi connectivity index (χ4n) is 10.2. The first kappa shape index (κ1) is 44.2. The van der Waals surface area contributed by atoms with Crippen molar-refractivity contribution in [3.8, 4) is 35.2 Å². The number of nitrogens with zero attached hydrogens (tertiary/aromatic N) is 1. The number of aromatic hydroxyl groups is 1. The van der Waals surface area contributed by atoms with Crippen LogP contribution in [0.1, 0.15) is 108 Å². The molecule has 324 valence electrons. The van der Waals surface area contributed by atoms with E-state index in [0.717, 1.165) is 31.4 Å². The Morgan fingerprint density at radius 3 is 2.64 bits per heavy atom. The molecule has 0 aromatic heterocycles. The summed E-state index contributed by atoms with van der Waals surface area (Å²) in [7, 11) is 3.60. The normalized spacial score (nSPS) is 35.6. The van der Waals surface area contributed by atoms with Crippen LogP contribution in [0.4, 0.5) is 0 Å². The maximum Gasteiger partial charge on any atom is 0.302 e. The minimum absolute atomic E-state index is 0.0161. The number of hydrogen-bond donors (Lipinski definition) is 9. The summed E-state index contributed by atoms with van der Waals surface area (Å²) < 4.78 is 12.7. The number of benzene rings is 1. The number of ether oxygens (including phenoxy) is 2. The van der Waals surface area contributed by atoms with Gasteiger partial charge in [-0.3, -0.25) is 9.79 Å². The molecule has 0 amide bonds. The summed E-state index contributed by atoms with van der Waals surface area (Å²) >= 11 is 0. The fourth-order valence-corrected chi connectivity index (χ4v) is 13.1. The molecule has 2 spiro atoms. The third-order valence-electron chi connectivity index (χ3n) is 13.6. The number of aliphatic hydroxyl groups excluding tert-OH is 3. The van der Waals surface area contributed by atoms with Gasteiger partial charge in [0, 0.05) is 73.0 Å². The predicted molar refractivity (Wildman–Crippen MR) is 230 cm³/mol. The highest BCUT2D eigenvalue weighted by Gasteiger charge is 2.44. The molecule has 10 N–H and O–H groups in total. The monoisotopic (exact) mass is 853 g/mol. The molecule has 2 fully saturated rings. The molecule has 6 aliphatic rings. The number of rotatable bonds is 3. The number of carbonyl (C=O) groups excluding carboxylic acids is 1. The quantitative estimate of drug-likeness (QED) is 0.0926. The number of nitrogens with one attached hydrogen (secondary N) is 3. The lowest BCUT2D eigenvalue weighted by molar-refractivity contribution is -0.152. The van der Waals surface area contributed by atoms with Crippen molar-refractivity contribution in [2.75, 3.05) is 31.9 Å². The topological polar surface area (TPSA) is 211 Å². The zero-order valence-corrected chi connectivity index (χ0v) is 36.0. The molecule has 15 heteroatoms. The van der Waals surface area contributed by atoms with E-state index in [4.69, 9.17) is 20.2 Å². The van der Waals surface area contributed by atoms with Crippen molar-refractivity contribution in [1.29, 1.82) is 0 Å². The molecule has 7 rings (SSSR count). The van der Waals surface area contributed by atoms with Gasteiger partial charge < -0.3 is 56.7 Å². The van der Waals surface area contributed by atoms with Crippen LogP contribution in [0.2, 0.25) is 0 Å². The van der Waals surface area contributed by atoms with Crippen molar-refractivity contribution in [3.05, 3.63) is 23.3 Å². The van der Waals surface area contributed by atoms with E-state index in [-0.39, 0.29) is 65.7 Å². The number of phenols is 1. The van der Waals surface area contributed by atoms with E-state index in [9.17, 15) is 30.3 Å². The van der Waals surface area contributed by atoms with Gasteiger partial charge in [0.25, 0.3) is 0 Å². The van der Waals surface area contributed by atoms with Gasteiger partial charge in [0.05, 0.1) is 29.4 Å². The number of nitrogens with two attached hydrogens (primary N) is 1. The molecule has 2 aliphatic carbocycles. The standard InChI is InChI=1S/C44H63N5O8S2/c1-27(50)42-13-8-30-16-29-6-7-34(59-58-26-43(11-4-3-5-12-43)49-41(45)47-24-42)23-46-25-44(21-29)22-33(10-15-48-44)57-39-18-31(36(40(54)55)20-37(39)53)17-35(30)38(56-28(2)51)19-32(52)9-14-42/h18,20,27,29-30,32-35,38,40,46,48,50,52-55H,3-5,9-12,14-17,19,21-26H2,1-2H3,(H3,45,47,49)/t27-,29+,30-,32-,33+,34+,35+,38-,42+,44-/m0/s1. The largest absolute Gasteiger partial charge is 0.504 e. The minimum Gasteiger partial charge on any atom is -0.504 e. The van der Waals surface area contributed by atoms with Crippen LogP contribution in [0.3, 0.4) is 0 Å². The Morgan fingerprint density at radius 2 is 1.88 bits per heavy atom. The summed E-state index contributed by atoms with van der Waals surface area (Å²) in [5, 5.41) is 67.2. The van der Waals surface area contributed by atoms with Gasteiger partial charge in [-0.2, -0.15) is 0 Å². The molecule has 8 bridgehead atoms. The van der Waals surface area contributed by atoms with E-state index in [1.54, 1.807) is 23.8 Å². The molecule has 1 aromatic carbocycles. The summed E-state index contributed by atoms with van der Waals surface area (Å²) in [4.78, 5) is 17.8. The smallest absolute Gasteiger partial charge is 0.302 e. The average molecular weight is 854 g/mol. The summed E-state index contributed by atoms with van der Waals surface area (Å²) in [5.41, 5.74) is 5.59. The molecule has 10 atom stereocenters. The second-order valence-electron chi connectivity index (χ2n) is 18.1. The Labute approximate surface area is 356 Å². The Hall–Kier alpha value is -2.86. The van der Waals surface area contributed by atoms with Crippen LogP contribution in [0, 0.1) is 46.9 Å². The molecule has 4 heterocycles. The third-order valence-corrected chi connectivity index (χ3v) is 16.3. The van der Waals surface area contributed by atoms with Crippen molar-refractivity contribution >= 4 is 33.5 Å². The fraction of sp³-hybridized carbons (Fsp3) is 0.727. The number of aliphatic imine (C=N–C) groups is 1. The number of esters is 1. The number of hydrogen-bond acceptors (Lipinski definition) is 15. The van der Waals surface area contributed by atoms with Crippen LogP contribution >= 0.6 is 21.6 Å². The lowest BCUT2D eigenvalue weighted by Crippen LogP contribution is -2.59. The van der Waals surface area contributed by atoms with Crippen molar-refractivity contribution in [2.45, 2.75) is 144 Å². The van der Waals surface area contributed by atoms with E-state index in [1.165, 1.54) is 19.4 Å². The van der Waals surface area contributed by atoms with E-state index < -0.39 is 53.4 Å². The maximum absolute atomic E-state index is 12.9. The van der Waals surface area contributed by atoms with Gasteiger partial charge in [-0.05, 0) is 82.5 Å².